The summed E-state index contributed by atoms with van der Waals surface area (Å²) < 4.78 is 31.9. The fourth-order valence-electron chi connectivity index (χ4n) is 2.06. The second-order valence-corrected chi connectivity index (χ2v) is 6.94. The molecule has 0 amide bonds. The van der Waals surface area contributed by atoms with Crippen molar-refractivity contribution < 1.29 is 12.8 Å². The molecule has 0 radical (unpaired) electrons. The summed E-state index contributed by atoms with van der Waals surface area (Å²) in [6.45, 7) is 6.00. The van der Waals surface area contributed by atoms with Crippen LogP contribution in [0, 0.1) is 13.8 Å². The highest BCUT2D eigenvalue weighted by atomic mass is 35.5. The van der Waals surface area contributed by atoms with Crippen molar-refractivity contribution in [2.24, 2.45) is 0 Å². The van der Waals surface area contributed by atoms with E-state index in [1.807, 2.05) is 0 Å². The summed E-state index contributed by atoms with van der Waals surface area (Å²) in [5.41, 5.74) is 0.571. The quantitative estimate of drug-likeness (QED) is 0.572. The van der Waals surface area contributed by atoms with Crippen molar-refractivity contribution in [3.05, 3.63) is 17.1 Å². The van der Waals surface area contributed by atoms with E-state index < -0.39 is 10.0 Å². The summed E-state index contributed by atoms with van der Waals surface area (Å²) >= 11 is 5.85. The summed E-state index contributed by atoms with van der Waals surface area (Å²) in [6.07, 6.45) is 2.94. The van der Waals surface area contributed by atoms with E-state index in [0.29, 0.717) is 23.6 Å². The Kier molecular flexibility index (Phi) is 5.89. The highest BCUT2D eigenvalue weighted by Crippen LogP contribution is 2.30. The largest absolute Gasteiger partial charge is 0.465 e. The van der Waals surface area contributed by atoms with Crippen molar-refractivity contribution in [1.29, 1.82) is 0 Å². The summed E-state index contributed by atoms with van der Waals surface area (Å²) in [7, 11) is -1.91. The third kappa shape index (κ3) is 3.52. The van der Waals surface area contributed by atoms with Gasteiger partial charge in [0.15, 0.2) is 0 Å². The molecule has 19 heavy (non-hydrogen) atoms. The summed E-state index contributed by atoms with van der Waals surface area (Å²) in [6, 6.07) is 0. The minimum Gasteiger partial charge on any atom is -0.465 e. The standard InChI is InChI=1S/C13H22ClNO3S/c1-5-6-7-8-15(4)19(16,17)13-11(3)18-10(2)12(13)9-14/h5-9H2,1-4H3. The molecule has 1 aromatic rings. The Bertz CT molecular complexity index is 522. The number of alkyl halides is 1. The van der Waals surface area contributed by atoms with Crippen LogP contribution in [0.15, 0.2) is 9.31 Å². The van der Waals surface area contributed by atoms with Gasteiger partial charge in [0.1, 0.15) is 16.4 Å². The molecule has 0 atom stereocenters. The third-order valence-corrected chi connectivity index (χ3v) is 5.52. The Hall–Kier alpha value is -0.520. The topological polar surface area (TPSA) is 50.5 Å². The van der Waals surface area contributed by atoms with E-state index in [1.165, 1.54) is 4.31 Å². The first kappa shape index (κ1) is 16.5. The Balaban J connectivity index is 3.06. The number of halogens is 1. The van der Waals surface area contributed by atoms with Crippen LogP contribution in [-0.2, 0) is 15.9 Å². The predicted octanol–water partition coefficient (Wildman–Crippen LogP) is 3.45. The lowest BCUT2D eigenvalue weighted by molar-refractivity contribution is 0.449. The summed E-state index contributed by atoms with van der Waals surface area (Å²) in [5, 5.41) is 0. The molecular formula is C13H22ClNO3S. The number of unbranched alkanes of at least 4 members (excludes halogenated alkanes) is 2. The van der Waals surface area contributed by atoms with Crippen LogP contribution in [-0.4, -0.2) is 26.3 Å². The highest BCUT2D eigenvalue weighted by molar-refractivity contribution is 7.89. The molecule has 0 aliphatic carbocycles. The van der Waals surface area contributed by atoms with Crippen LogP contribution in [0.25, 0.3) is 0 Å². The van der Waals surface area contributed by atoms with Crippen LogP contribution < -0.4 is 0 Å². The smallest absolute Gasteiger partial charge is 0.246 e. The molecule has 0 fully saturated rings. The Morgan fingerprint density at radius 2 is 1.84 bits per heavy atom. The van der Waals surface area contributed by atoms with Gasteiger partial charge in [0.2, 0.25) is 10.0 Å². The monoisotopic (exact) mass is 307 g/mol. The van der Waals surface area contributed by atoms with Crippen LogP contribution in [0.2, 0.25) is 0 Å². The van der Waals surface area contributed by atoms with Crippen molar-refractivity contribution in [2.45, 2.75) is 50.8 Å². The number of rotatable bonds is 7. The van der Waals surface area contributed by atoms with Gasteiger partial charge in [0.25, 0.3) is 0 Å². The van der Waals surface area contributed by atoms with Gasteiger partial charge in [-0.1, -0.05) is 19.8 Å². The number of hydrogen-bond acceptors (Lipinski definition) is 3. The summed E-state index contributed by atoms with van der Waals surface area (Å²) in [4.78, 5) is 0.235. The van der Waals surface area contributed by atoms with E-state index in [-0.39, 0.29) is 10.8 Å². The average molecular weight is 308 g/mol. The van der Waals surface area contributed by atoms with Gasteiger partial charge in [0, 0.05) is 19.2 Å². The fraction of sp³-hybridized carbons (Fsp3) is 0.692. The maximum atomic E-state index is 12.5. The van der Waals surface area contributed by atoms with Gasteiger partial charge in [-0.3, -0.25) is 0 Å². The number of hydrogen-bond donors (Lipinski definition) is 0. The number of aryl methyl sites for hydroxylation is 2. The van der Waals surface area contributed by atoms with Crippen molar-refractivity contribution in [2.75, 3.05) is 13.6 Å². The van der Waals surface area contributed by atoms with Gasteiger partial charge < -0.3 is 4.42 Å². The Labute approximate surface area is 120 Å². The van der Waals surface area contributed by atoms with E-state index in [0.717, 1.165) is 19.3 Å². The molecule has 0 unspecified atom stereocenters. The molecule has 1 heterocycles. The van der Waals surface area contributed by atoms with Crippen LogP contribution in [0.4, 0.5) is 0 Å². The number of furan rings is 1. The van der Waals surface area contributed by atoms with Gasteiger partial charge in [-0.15, -0.1) is 11.6 Å². The lowest BCUT2D eigenvalue weighted by atomic mass is 10.2. The second kappa shape index (κ2) is 6.77. The molecule has 6 heteroatoms. The summed E-state index contributed by atoms with van der Waals surface area (Å²) in [5.74, 6) is 1.13. The number of sulfonamides is 1. The molecule has 0 N–H and O–H groups in total. The zero-order chi connectivity index (χ0) is 14.6. The Morgan fingerprint density at radius 3 is 2.37 bits per heavy atom. The molecule has 4 nitrogen and oxygen atoms in total. The minimum atomic E-state index is -3.52. The van der Waals surface area contributed by atoms with Crippen molar-refractivity contribution >= 4 is 21.6 Å². The predicted molar refractivity (Wildman–Crippen MR) is 77.1 cm³/mol. The van der Waals surface area contributed by atoms with E-state index in [2.05, 4.69) is 6.92 Å². The van der Waals surface area contributed by atoms with Gasteiger partial charge in [0.05, 0.1) is 5.88 Å². The van der Waals surface area contributed by atoms with Gasteiger partial charge in [-0.25, -0.2) is 12.7 Å². The first-order valence-corrected chi connectivity index (χ1v) is 8.44. The lowest BCUT2D eigenvalue weighted by Crippen LogP contribution is -2.28. The molecule has 0 aliphatic heterocycles. The van der Waals surface area contributed by atoms with Crippen LogP contribution in [0.5, 0.6) is 0 Å². The molecule has 0 spiro atoms. The van der Waals surface area contributed by atoms with E-state index in [4.69, 9.17) is 16.0 Å². The first-order valence-electron chi connectivity index (χ1n) is 6.47. The molecule has 0 bridgehead atoms. The average Bonchev–Trinajstić information content (AvgIpc) is 2.64. The lowest BCUT2D eigenvalue weighted by Gasteiger charge is -2.17. The first-order chi connectivity index (χ1) is 8.86. The van der Waals surface area contributed by atoms with Crippen molar-refractivity contribution in [3.63, 3.8) is 0 Å². The maximum absolute atomic E-state index is 12.5. The van der Waals surface area contributed by atoms with Crippen LogP contribution >= 0.6 is 11.6 Å². The van der Waals surface area contributed by atoms with Crippen molar-refractivity contribution in [3.8, 4) is 0 Å². The Morgan fingerprint density at radius 1 is 1.21 bits per heavy atom. The normalized spacial score (nSPS) is 12.3. The van der Waals surface area contributed by atoms with E-state index in [1.54, 1.807) is 20.9 Å². The van der Waals surface area contributed by atoms with Crippen LogP contribution in [0.1, 0.15) is 43.3 Å². The molecular weight excluding hydrogens is 286 g/mol. The third-order valence-electron chi connectivity index (χ3n) is 3.20. The van der Waals surface area contributed by atoms with E-state index >= 15 is 0 Å². The highest BCUT2D eigenvalue weighted by Gasteiger charge is 2.29. The molecule has 1 aromatic heterocycles. The minimum absolute atomic E-state index is 0.139. The second-order valence-electron chi connectivity index (χ2n) is 4.69. The molecule has 0 aliphatic rings. The molecule has 0 saturated heterocycles. The fourth-order valence-corrected chi connectivity index (χ4v) is 4.08. The molecule has 1 rings (SSSR count). The SMILES string of the molecule is CCCCCN(C)S(=O)(=O)c1c(C)oc(C)c1CCl. The molecule has 0 saturated carbocycles. The van der Waals surface area contributed by atoms with Gasteiger partial charge >= 0.3 is 0 Å². The zero-order valence-corrected chi connectivity index (χ0v) is 13.6. The zero-order valence-electron chi connectivity index (χ0n) is 12.0. The van der Waals surface area contributed by atoms with Gasteiger partial charge in [-0.2, -0.15) is 0 Å². The molecule has 0 aromatic carbocycles. The van der Waals surface area contributed by atoms with Gasteiger partial charge in [-0.05, 0) is 20.3 Å². The molecule has 110 valence electrons. The number of nitrogens with zero attached hydrogens (tertiary/aromatic N) is 1. The maximum Gasteiger partial charge on any atom is 0.246 e. The van der Waals surface area contributed by atoms with Crippen molar-refractivity contribution in [1.82, 2.24) is 4.31 Å². The van der Waals surface area contributed by atoms with E-state index in [9.17, 15) is 8.42 Å². The van der Waals surface area contributed by atoms with Crippen LogP contribution in [0.3, 0.4) is 0 Å².